The molecule has 0 saturated heterocycles. The average molecular weight is 373 g/mol. The van der Waals surface area contributed by atoms with Crippen molar-refractivity contribution in [1.29, 1.82) is 0 Å². The molecule has 1 N–H and O–H groups in total. The standard InChI is InChI=1S/C16H16Cl3N3O/c17-5-6-20-16(23)22-9-8-21-7-1-2-14(21)15(22)12-4-3-11(18)10-13(12)19/h1-4,7,10,15H,5-6,8-9H2,(H,20,23)/t15-/m1/s1. The number of fused-ring (bicyclic) bond motifs is 1. The summed E-state index contributed by atoms with van der Waals surface area (Å²) in [5.74, 6) is 0.377. The van der Waals surface area contributed by atoms with Gasteiger partial charge in [-0.3, -0.25) is 0 Å². The first kappa shape index (κ1) is 16.5. The Kier molecular flexibility index (Phi) is 5.05. The third-order valence-electron chi connectivity index (χ3n) is 3.93. The van der Waals surface area contributed by atoms with Gasteiger partial charge in [-0.2, -0.15) is 0 Å². The Bertz CT molecular complexity index is 716. The van der Waals surface area contributed by atoms with Crippen molar-refractivity contribution in [1.82, 2.24) is 14.8 Å². The van der Waals surface area contributed by atoms with E-state index in [1.165, 1.54) is 0 Å². The van der Waals surface area contributed by atoms with Crippen molar-refractivity contribution in [2.75, 3.05) is 19.0 Å². The number of rotatable bonds is 3. The fraction of sp³-hybridized carbons (Fsp3) is 0.312. The van der Waals surface area contributed by atoms with Gasteiger partial charge in [0.2, 0.25) is 0 Å². The highest BCUT2D eigenvalue weighted by Gasteiger charge is 2.33. The zero-order valence-corrected chi connectivity index (χ0v) is 14.6. The first-order chi connectivity index (χ1) is 11.1. The van der Waals surface area contributed by atoms with E-state index in [0.717, 1.165) is 17.8 Å². The van der Waals surface area contributed by atoms with Gasteiger partial charge < -0.3 is 14.8 Å². The summed E-state index contributed by atoms with van der Waals surface area (Å²) in [6.45, 7) is 1.77. The number of aromatic nitrogens is 1. The lowest BCUT2D eigenvalue weighted by molar-refractivity contribution is 0.169. The first-order valence-electron chi connectivity index (χ1n) is 7.32. The number of nitrogens with zero attached hydrogens (tertiary/aromatic N) is 2. The van der Waals surface area contributed by atoms with Crippen LogP contribution in [0.4, 0.5) is 4.79 Å². The van der Waals surface area contributed by atoms with Gasteiger partial charge in [-0.15, -0.1) is 11.6 Å². The van der Waals surface area contributed by atoms with Gasteiger partial charge in [0.25, 0.3) is 0 Å². The SMILES string of the molecule is O=C(NCCCl)N1CCn2cccc2[C@H]1c1ccc(Cl)cc1Cl. The van der Waals surface area contributed by atoms with Crippen LogP contribution in [0.3, 0.4) is 0 Å². The summed E-state index contributed by atoms with van der Waals surface area (Å²) in [5, 5.41) is 3.95. The van der Waals surface area contributed by atoms with Crippen LogP contribution in [0, 0.1) is 0 Å². The van der Waals surface area contributed by atoms with Gasteiger partial charge in [-0.05, 0) is 29.8 Å². The monoisotopic (exact) mass is 371 g/mol. The van der Waals surface area contributed by atoms with Crippen molar-refractivity contribution in [2.24, 2.45) is 0 Å². The minimum atomic E-state index is -0.251. The summed E-state index contributed by atoms with van der Waals surface area (Å²) < 4.78 is 2.14. The Balaban J connectivity index is 2.01. The van der Waals surface area contributed by atoms with Crippen molar-refractivity contribution in [3.63, 3.8) is 0 Å². The highest BCUT2D eigenvalue weighted by Crippen LogP contribution is 2.37. The molecule has 1 aliphatic heterocycles. The van der Waals surface area contributed by atoms with Crippen LogP contribution >= 0.6 is 34.8 Å². The Hall–Kier alpha value is -1.36. The van der Waals surface area contributed by atoms with Crippen molar-refractivity contribution < 1.29 is 4.79 Å². The molecule has 1 aliphatic rings. The fourth-order valence-electron chi connectivity index (χ4n) is 2.91. The van der Waals surface area contributed by atoms with Crippen LogP contribution in [0.1, 0.15) is 17.3 Å². The Morgan fingerprint density at radius 2 is 2.09 bits per heavy atom. The Labute approximate surface area is 149 Å². The lowest BCUT2D eigenvalue weighted by atomic mass is 10.00. The van der Waals surface area contributed by atoms with Crippen LogP contribution in [-0.2, 0) is 6.54 Å². The predicted molar refractivity (Wildman–Crippen MR) is 93.6 cm³/mol. The molecule has 122 valence electrons. The smallest absolute Gasteiger partial charge is 0.318 e. The summed E-state index contributed by atoms with van der Waals surface area (Å²) in [6.07, 6.45) is 2.01. The topological polar surface area (TPSA) is 37.3 Å². The molecule has 1 atom stereocenters. The van der Waals surface area contributed by atoms with Crippen molar-refractivity contribution in [3.05, 3.63) is 57.8 Å². The summed E-state index contributed by atoms with van der Waals surface area (Å²) in [7, 11) is 0. The second-order valence-electron chi connectivity index (χ2n) is 5.31. The number of hydrogen-bond acceptors (Lipinski definition) is 1. The molecule has 0 unspecified atom stereocenters. The van der Waals surface area contributed by atoms with Crippen molar-refractivity contribution >= 4 is 40.8 Å². The summed E-state index contributed by atoms with van der Waals surface area (Å²) in [4.78, 5) is 14.3. The van der Waals surface area contributed by atoms with Crippen LogP contribution in [0.2, 0.25) is 10.0 Å². The van der Waals surface area contributed by atoms with E-state index in [-0.39, 0.29) is 12.1 Å². The van der Waals surface area contributed by atoms with E-state index in [1.807, 2.05) is 24.4 Å². The number of carbonyl (C=O) groups is 1. The molecule has 0 aliphatic carbocycles. The van der Waals surface area contributed by atoms with Crippen molar-refractivity contribution in [2.45, 2.75) is 12.6 Å². The highest BCUT2D eigenvalue weighted by atomic mass is 35.5. The van der Waals surface area contributed by atoms with E-state index in [2.05, 4.69) is 9.88 Å². The van der Waals surface area contributed by atoms with Crippen LogP contribution in [0.25, 0.3) is 0 Å². The molecule has 0 bridgehead atoms. The molecular weight excluding hydrogens is 357 g/mol. The summed E-state index contributed by atoms with van der Waals surface area (Å²) in [6, 6.07) is 8.96. The van der Waals surface area contributed by atoms with Crippen LogP contribution in [-0.4, -0.2) is 34.5 Å². The highest BCUT2D eigenvalue weighted by molar-refractivity contribution is 6.35. The van der Waals surface area contributed by atoms with Crippen LogP contribution in [0.15, 0.2) is 36.5 Å². The predicted octanol–water partition coefficient (Wildman–Crippen LogP) is 4.15. The van der Waals surface area contributed by atoms with Gasteiger partial charge in [0, 0.05) is 47.5 Å². The third kappa shape index (κ3) is 3.30. The second kappa shape index (κ2) is 7.04. The molecule has 23 heavy (non-hydrogen) atoms. The summed E-state index contributed by atoms with van der Waals surface area (Å²) in [5.41, 5.74) is 1.89. The molecule has 1 aromatic heterocycles. The first-order valence-corrected chi connectivity index (χ1v) is 8.61. The largest absolute Gasteiger partial charge is 0.348 e. The number of halogens is 3. The van der Waals surface area contributed by atoms with Gasteiger partial charge in [0.1, 0.15) is 6.04 Å². The molecule has 2 aromatic rings. The van der Waals surface area contributed by atoms with E-state index in [0.29, 0.717) is 29.0 Å². The maximum Gasteiger partial charge on any atom is 0.318 e. The Morgan fingerprint density at radius 1 is 1.26 bits per heavy atom. The fourth-order valence-corrected chi connectivity index (χ4v) is 3.51. The summed E-state index contributed by atoms with van der Waals surface area (Å²) >= 11 is 18.1. The minimum absolute atomic E-state index is 0.144. The molecule has 1 aromatic carbocycles. The molecule has 0 radical (unpaired) electrons. The average Bonchev–Trinajstić information content (AvgIpc) is 3.00. The van der Waals surface area contributed by atoms with Crippen LogP contribution in [0.5, 0.6) is 0 Å². The molecule has 0 saturated carbocycles. The zero-order chi connectivity index (χ0) is 16.4. The van der Waals surface area contributed by atoms with E-state index >= 15 is 0 Å². The molecule has 7 heteroatoms. The maximum absolute atomic E-state index is 12.5. The van der Waals surface area contributed by atoms with E-state index in [1.54, 1.807) is 17.0 Å². The Morgan fingerprint density at radius 3 is 2.83 bits per heavy atom. The number of benzene rings is 1. The van der Waals surface area contributed by atoms with Crippen LogP contribution < -0.4 is 5.32 Å². The molecule has 2 heterocycles. The van der Waals surface area contributed by atoms with Crippen molar-refractivity contribution in [3.8, 4) is 0 Å². The number of amides is 2. The minimum Gasteiger partial charge on any atom is -0.348 e. The maximum atomic E-state index is 12.5. The molecule has 2 amide bonds. The normalized spacial score (nSPS) is 17.0. The van der Waals surface area contributed by atoms with Gasteiger partial charge >= 0.3 is 6.03 Å². The number of urea groups is 1. The second-order valence-corrected chi connectivity index (χ2v) is 6.53. The zero-order valence-electron chi connectivity index (χ0n) is 12.3. The molecule has 0 fully saturated rings. The molecular formula is C16H16Cl3N3O. The lowest BCUT2D eigenvalue weighted by Crippen LogP contribution is -2.47. The van der Waals surface area contributed by atoms with Gasteiger partial charge in [0.05, 0.1) is 0 Å². The number of hydrogen-bond donors (Lipinski definition) is 1. The number of carbonyl (C=O) groups excluding carboxylic acids is 1. The lowest BCUT2D eigenvalue weighted by Gasteiger charge is -2.37. The van der Waals surface area contributed by atoms with E-state index in [9.17, 15) is 4.79 Å². The molecule has 4 nitrogen and oxygen atoms in total. The third-order valence-corrected chi connectivity index (χ3v) is 4.68. The molecule has 3 rings (SSSR count). The van der Waals surface area contributed by atoms with Gasteiger partial charge in [-0.25, -0.2) is 4.79 Å². The number of alkyl halides is 1. The van der Waals surface area contributed by atoms with Gasteiger partial charge in [0.15, 0.2) is 0 Å². The van der Waals surface area contributed by atoms with E-state index < -0.39 is 0 Å². The quantitative estimate of drug-likeness (QED) is 0.808. The van der Waals surface area contributed by atoms with E-state index in [4.69, 9.17) is 34.8 Å². The molecule has 0 spiro atoms. The van der Waals surface area contributed by atoms with Gasteiger partial charge in [-0.1, -0.05) is 29.3 Å². The number of nitrogens with one attached hydrogen (secondary N) is 1.